The van der Waals surface area contributed by atoms with Gasteiger partial charge in [-0.25, -0.2) is 0 Å². The highest BCUT2D eigenvalue weighted by Crippen LogP contribution is 2.08. The van der Waals surface area contributed by atoms with Crippen LogP contribution in [0.3, 0.4) is 0 Å². The summed E-state index contributed by atoms with van der Waals surface area (Å²) in [4.78, 5) is 10.8. The average molecular weight is 164 g/mol. The zero-order chi connectivity index (χ0) is 8.39. The molecule has 0 atom stereocenters. The zero-order valence-electron chi connectivity index (χ0n) is 5.89. The first-order chi connectivity index (χ1) is 5.86. The maximum absolute atomic E-state index is 10.8. The molecule has 2 rings (SSSR count). The van der Waals surface area contributed by atoms with E-state index in [-0.39, 0.29) is 11.3 Å². The van der Waals surface area contributed by atoms with Gasteiger partial charge in [0.1, 0.15) is 0 Å². The monoisotopic (exact) mass is 164 g/mol. The van der Waals surface area contributed by atoms with Crippen LogP contribution in [0.15, 0.2) is 27.6 Å². The van der Waals surface area contributed by atoms with Crippen LogP contribution in [0.2, 0.25) is 0 Å². The van der Waals surface area contributed by atoms with Crippen molar-refractivity contribution in [1.29, 1.82) is 0 Å². The van der Waals surface area contributed by atoms with Gasteiger partial charge in [0.2, 0.25) is 5.82 Å². The molecule has 1 N–H and O–H groups in total. The second-order valence-electron chi connectivity index (χ2n) is 2.07. The van der Waals surface area contributed by atoms with Gasteiger partial charge >= 0.3 is 0 Å². The highest BCUT2D eigenvalue weighted by molar-refractivity contribution is 5.43. The Balaban J connectivity index is 2.55. The highest BCUT2D eigenvalue weighted by Gasteiger charge is 2.04. The number of nitrogens with zero attached hydrogens (tertiary/aromatic N) is 3. The maximum Gasteiger partial charge on any atom is 0.239 e. The average Bonchev–Trinajstić information content (AvgIpc) is 2.56. The summed E-state index contributed by atoms with van der Waals surface area (Å²) in [5.74, 6) is 0.573. The van der Waals surface area contributed by atoms with Crippen molar-refractivity contribution in [2.75, 3.05) is 0 Å². The highest BCUT2D eigenvalue weighted by atomic mass is 16.3. The van der Waals surface area contributed by atoms with Crippen molar-refractivity contribution in [3.8, 4) is 11.6 Å². The van der Waals surface area contributed by atoms with E-state index >= 15 is 0 Å². The second-order valence-corrected chi connectivity index (χ2v) is 2.07. The van der Waals surface area contributed by atoms with Gasteiger partial charge in [0, 0.05) is 12.1 Å². The van der Waals surface area contributed by atoms with Crippen LogP contribution in [0.4, 0.5) is 0 Å². The molecule has 0 unspecified atom stereocenters. The minimum Gasteiger partial charge on any atom is -0.461 e. The first-order valence-corrected chi connectivity index (χ1v) is 3.19. The molecule has 2 aromatic heterocycles. The minimum atomic E-state index is -0.152. The number of H-pyrrole nitrogens is 1. The quantitative estimate of drug-likeness (QED) is 0.631. The van der Waals surface area contributed by atoms with Crippen LogP contribution in [0, 0.1) is 0 Å². The summed E-state index contributed by atoms with van der Waals surface area (Å²) >= 11 is 0. The van der Waals surface area contributed by atoms with Gasteiger partial charge in [-0.05, 0) is 5.21 Å². The van der Waals surface area contributed by atoms with Gasteiger partial charge in [-0.2, -0.15) is 5.21 Å². The molecule has 2 heterocycles. The Morgan fingerprint density at radius 2 is 2.42 bits per heavy atom. The topological polar surface area (TPSA) is 84.7 Å². The summed E-state index contributed by atoms with van der Waals surface area (Å²) in [6.45, 7) is 0. The third-order valence-electron chi connectivity index (χ3n) is 1.27. The molecule has 0 amide bonds. The Labute approximate surface area is 66.2 Å². The lowest BCUT2D eigenvalue weighted by atomic mass is 10.4. The summed E-state index contributed by atoms with van der Waals surface area (Å²) in [7, 11) is 0. The van der Waals surface area contributed by atoms with Gasteiger partial charge in [-0.3, -0.25) is 4.79 Å². The lowest BCUT2D eigenvalue weighted by molar-refractivity contribution is 0.559. The maximum atomic E-state index is 10.8. The van der Waals surface area contributed by atoms with Crippen LogP contribution >= 0.6 is 0 Å². The molecule has 6 heteroatoms. The molecule has 0 aromatic carbocycles. The first-order valence-electron chi connectivity index (χ1n) is 3.19. The van der Waals surface area contributed by atoms with E-state index in [1.807, 2.05) is 0 Å². The van der Waals surface area contributed by atoms with Crippen LogP contribution < -0.4 is 5.43 Å². The van der Waals surface area contributed by atoms with Crippen molar-refractivity contribution in [3.05, 3.63) is 28.6 Å². The Morgan fingerprint density at radius 1 is 1.50 bits per heavy atom. The molecule has 6 nitrogen and oxygen atoms in total. The number of hydrogen-bond acceptors (Lipinski definition) is 5. The Kier molecular flexibility index (Phi) is 1.44. The van der Waals surface area contributed by atoms with E-state index in [1.54, 1.807) is 0 Å². The number of hydrogen-bond donors (Lipinski definition) is 1. The summed E-state index contributed by atoms with van der Waals surface area (Å²) in [5, 5.41) is 12.9. The van der Waals surface area contributed by atoms with Crippen LogP contribution in [0.1, 0.15) is 0 Å². The smallest absolute Gasteiger partial charge is 0.239 e. The normalized spacial score (nSPS) is 10.0. The van der Waals surface area contributed by atoms with Crippen LogP contribution in [0.25, 0.3) is 11.6 Å². The van der Waals surface area contributed by atoms with E-state index in [0.29, 0.717) is 5.76 Å². The van der Waals surface area contributed by atoms with Crippen molar-refractivity contribution in [3.63, 3.8) is 0 Å². The van der Waals surface area contributed by atoms with E-state index in [9.17, 15) is 4.79 Å². The third kappa shape index (κ3) is 1.09. The summed E-state index contributed by atoms with van der Waals surface area (Å²) in [6, 6.07) is 2.61. The van der Waals surface area contributed by atoms with Crippen molar-refractivity contribution in [2.45, 2.75) is 0 Å². The minimum absolute atomic E-state index is 0.152. The van der Waals surface area contributed by atoms with E-state index in [0.717, 1.165) is 0 Å². The Hall–Kier alpha value is -1.98. The predicted octanol–water partition coefficient (Wildman–Crippen LogP) is -0.180. The molecule has 60 valence electrons. The molecule has 0 aliphatic rings. The molecule has 0 fully saturated rings. The molecule has 0 saturated heterocycles. The zero-order valence-corrected chi connectivity index (χ0v) is 5.89. The van der Waals surface area contributed by atoms with E-state index in [2.05, 4.69) is 20.6 Å². The number of aromatic nitrogens is 4. The van der Waals surface area contributed by atoms with E-state index in [1.165, 1.54) is 18.4 Å². The predicted molar refractivity (Wildman–Crippen MR) is 38.1 cm³/mol. The van der Waals surface area contributed by atoms with Crippen molar-refractivity contribution in [2.24, 2.45) is 0 Å². The van der Waals surface area contributed by atoms with Gasteiger partial charge in [-0.15, -0.1) is 10.2 Å². The standard InChI is InChI=1S/C6H4N4O2/c11-4-1-2-12-5(3-4)6-7-9-10-8-6/h1-3H,(H,7,8,9,10). The summed E-state index contributed by atoms with van der Waals surface area (Å²) in [6.07, 6.45) is 1.29. The number of aromatic amines is 1. The molecule has 12 heavy (non-hydrogen) atoms. The van der Waals surface area contributed by atoms with Crippen molar-refractivity contribution < 1.29 is 4.42 Å². The molecular formula is C6H4N4O2. The van der Waals surface area contributed by atoms with Gasteiger partial charge in [-0.1, -0.05) is 0 Å². The first kappa shape index (κ1) is 6.71. The van der Waals surface area contributed by atoms with Gasteiger partial charge < -0.3 is 4.42 Å². The Morgan fingerprint density at radius 3 is 3.08 bits per heavy atom. The fourth-order valence-corrected chi connectivity index (χ4v) is 0.769. The van der Waals surface area contributed by atoms with Gasteiger partial charge in [0.15, 0.2) is 11.2 Å². The van der Waals surface area contributed by atoms with Crippen LogP contribution in [-0.4, -0.2) is 20.6 Å². The summed E-state index contributed by atoms with van der Waals surface area (Å²) in [5.41, 5.74) is -0.152. The summed E-state index contributed by atoms with van der Waals surface area (Å²) < 4.78 is 4.97. The Bertz CT molecular complexity index is 419. The van der Waals surface area contributed by atoms with Crippen LogP contribution in [0.5, 0.6) is 0 Å². The van der Waals surface area contributed by atoms with Gasteiger partial charge in [0.25, 0.3) is 0 Å². The van der Waals surface area contributed by atoms with E-state index in [4.69, 9.17) is 4.42 Å². The lowest BCUT2D eigenvalue weighted by Gasteiger charge is -1.88. The fourth-order valence-electron chi connectivity index (χ4n) is 0.769. The number of tetrazole rings is 1. The van der Waals surface area contributed by atoms with Crippen molar-refractivity contribution in [1.82, 2.24) is 20.6 Å². The van der Waals surface area contributed by atoms with Crippen LogP contribution in [-0.2, 0) is 0 Å². The third-order valence-corrected chi connectivity index (χ3v) is 1.27. The van der Waals surface area contributed by atoms with Crippen molar-refractivity contribution >= 4 is 0 Å². The molecule has 0 spiro atoms. The SMILES string of the molecule is O=c1ccoc(-c2nn[nH]n2)c1. The number of nitrogens with one attached hydrogen (secondary N) is 1. The fraction of sp³-hybridized carbons (Fsp3) is 0. The molecule has 0 bridgehead atoms. The molecule has 0 aliphatic carbocycles. The lowest BCUT2D eigenvalue weighted by Crippen LogP contribution is -1.95. The van der Waals surface area contributed by atoms with Gasteiger partial charge in [0.05, 0.1) is 6.26 Å². The van der Waals surface area contributed by atoms with E-state index < -0.39 is 0 Å². The number of rotatable bonds is 1. The molecule has 0 radical (unpaired) electrons. The second kappa shape index (κ2) is 2.57. The molecule has 2 aromatic rings. The molecule has 0 aliphatic heterocycles. The molecule has 0 saturated carbocycles. The largest absolute Gasteiger partial charge is 0.461 e. The molecular weight excluding hydrogens is 160 g/mol.